The Kier molecular flexibility index (Phi) is 5.16. The third kappa shape index (κ3) is 3.65. The van der Waals surface area contributed by atoms with E-state index in [4.69, 9.17) is 16.3 Å². The molecule has 0 bridgehead atoms. The zero-order chi connectivity index (χ0) is 16.1. The lowest BCUT2D eigenvalue weighted by Crippen LogP contribution is -2.18. The molecule has 116 valence electrons. The van der Waals surface area contributed by atoms with Gasteiger partial charge in [0.25, 0.3) is 5.91 Å². The number of hydrogen-bond donors (Lipinski definition) is 1. The number of amides is 1. The summed E-state index contributed by atoms with van der Waals surface area (Å²) in [5.41, 5.74) is 4.48. The Hall–Kier alpha value is -2.34. The first-order chi connectivity index (χ1) is 10.5. The molecule has 2 aromatic rings. The van der Waals surface area contributed by atoms with Gasteiger partial charge in [-0.2, -0.15) is 10.2 Å². The van der Waals surface area contributed by atoms with Crippen molar-refractivity contribution in [1.82, 2.24) is 15.2 Å². The number of halogens is 1. The van der Waals surface area contributed by atoms with Crippen LogP contribution in [0, 0.1) is 6.92 Å². The molecule has 1 aromatic heterocycles. The molecule has 2 rings (SSSR count). The second-order valence-electron chi connectivity index (χ2n) is 4.57. The first kappa shape index (κ1) is 16.0. The molecule has 22 heavy (non-hydrogen) atoms. The summed E-state index contributed by atoms with van der Waals surface area (Å²) in [7, 11) is 1.49. The van der Waals surface area contributed by atoms with Gasteiger partial charge in [0, 0.05) is 23.3 Å². The number of carbonyl (C=O) groups is 1. The molecule has 0 atom stereocenters. The molecule has 0 aliphatic heterocycles. The van der Waals surface area contributed by atoms with Gasteiger partial charge in [0.1, 0.15) is 5.75 Å². The van der Waals surface area contributed by atoms with E-state index in [-0.39, 0.29) is 0 Å². The molecule has 0 saturated carbocycles. The third-order valence-corrected chi connectivity index (χ3v) is 3.32. The fourth-order valence-corrected chi connectivity index (χ4v) is 2.07. The van der Waals surface area contributed by atoms with Crippen molar-refractivity contribution in [3.8, 4) is 5.75 Å². The first-order valence-electron chi connectivity index (χ1n) is 6.76. The van der Waals surface area contributed by atoms with Gasteiger partial charge in [0.2, 0.25) is 0 Å². The van der Waals surface area contributed by atoms with Crippen LogP contribution < -0.4 is 10.2 Å². The normalized spacial score (nSPS) is 10.9. The Balaban J connectivity index is 2.11. The summed E-state index contributed by atoms with van der Waals surface area (Å²) in [6.07, 6.45) is 3.42. The summed E-state index contributed by atoms with van der Waals surface area (Å²) in [4.78, 5) is 12.1. The average Bonchev–Trinajstić information content (AvgIpc) is 2.87. The molecule has 1 amide bonds. The molecule has 0 spiro atoms. The van der Waals surface area contributed by atoms with Crippen LogP contribution in [0.1, 0.15) is 28.5 Å². The summed E-state index contributed by atoms with van der Waals surface area (Å²) in [6, 6.07) is 4.82. The predicted molar refractivity (Wildman–Crippen MR) is 85.7 cm³/mol. The topological polar surface area (TPSA) is 68.5 Å². The molecular weight excluding hydrogens is 304 g/mol. The molecule has 1 heterocycles. The molecule has 0 aliphatic rings. The molecule has 6 nitrogen and oxygen atoms in total. The molecule has 0 radical (unpaired) electrons. The van der Waals surface area contributed by atoms with Crippen LogP contribution in [0.4, 0.5) is 0 Å². The van der Waals surface area contributed by atoms with Gasteiger partial charge in [-0.1, -0.05) is 11.6 Å². The van der Waals surface area contributed by atoms with Crippen LogP contribution in [0.5, 0.6) is 5.75 Å². The van der Waals surface area contributed by atoms with Gasteiger partial charge in [-0.25, -0.2) is 5.43 Å². The Morgan fingerprint density at radius 2 is 2.32 bits per heavy atom. The third-order valence-electron chi connectivity index (χ3n) is 3.08. The minimum Gasteiger partial charge on any atom is -0.496 e. The SMILES string of the molecule is CCn1cc(C=NNC(=O)c2cc(Cl)ccc2OC)c(C)n1. The van der Waals surface area contributed by atoms with Crippen molar-refractivity contribution in [2.24, 2.45) is 5.10 Å². The number of carbonyl (C=O) groups excluding carboxylic acids is 1. The van der Waals surface area contributed by atoms with Gasteiger partial charge in [-0.3, -0.25) is 9.48 Å². The lowest BCUT2D eigenvalue weighted by Gasteiger charge is -2.07. The van der Waals surface area contributed by atoms with Crippen molar-refractivity contribution < 1.29 is 9.53 Å². The first-order valence-corrected chi connectivity index (χ1v) is 7.14. The van der Waals surface area contributed by atoms with E-state index in [9.17, 15) is 4.79 Å². The maximum absolute atomic E-state index is 12.1. The molecule has 1 aromatic carbocycles. The van der Waals surface area contributed by atoms with Crippen molar-refractivity contribution in [1.29, 1.82) is 0 Å². The van der Waals surface area contributed by atoms with Crippen LogP contribution in [0.3, 0.4) is 0 Å². The van der Waals surface area contributed by atoms with E-state index in [1.807, 2.05) is 20.0 Å². The van der Waals surface area contributed by atoms with E-state index in [0.29, 0.717) is 16.3 Å². The standard InChI is InChI=1S/C15H17ClN4O2/c1-4-20-9-11(10(2)19-20)8-17-18-15(21)13-7-12(16)5-6-14(13)22-3/h5-9H,4H2,1-3H3,(H,18,21). The Bertz CT molecular complexity index is 710. The minimum atomic E-state index is -0.392. The van der Waals surface area contributed by atoms with E-state index >= 15 is 0 Å². The largest absolute Gasteiger partial charge is 0.496 e. The second kappa shape index (κ2) is 7.09. The van der Waals surface area contributed by atoms with Crippen LogP contribution in [0.15, 0.2) is 29.5 Å². The monoisotopic (exact) mass is 320 g/mol. The van der Waals surface area contributed by atoms with E-state index in [1.54, 1.807) is 23.0 Å². The number of aromatic nitrogens is 2. The van der Waals surface area contributed by atoms with Crippen LogP contribution in [-0.2, 0) is 6.54 Å². The van der Waals surface area contributed by atoms with Crippen molar-refractivity contribution >= 4 is 23.7 Å². The van der Waals surface area contributed by atoms with Gasteiger partial charge >= 0.3 is 0 Å². The molecular formula is C15H17ClN4O2. The van der Waals surface area contributed by atoms with Crippen LogP contribution >= 0.6 is 11.6 Å². The molecule has 7 heteroatoms. The van der Waals surface area contributed by atoms with Crippen LogP contribution in [0.2, 0.25) is 5.02 Å². The van der Waals surface area contributed by atoms with Gasteiger partial charge in [0.15, 0.2) is 0 Å². The van der Waals surface area contributed by atoms with E-state index in [0.717, 1.165) is 17.8 Å². The zero-order valence-electron chi connectivity index (χ0n) is 12.6. The van der Waals surface area contributed by atoms with E-state index in [1.165, 1.54) is 13.2 Å². The number of nitrogens with one attached hydrogen (secondary N) is 1. The Labute approximate surface area is 133 Å². The smallest absolute Gasteiger partial charge is 0.275 e. The molecule has 1 N–H and O–H groups in total. The predicted octanol–water partition coefficient (Wildman–Crippen LogP) is 2.64. The van der Waals surface area contributed by atoms with E-state index < -0.39 is 5.91 Å². The number of ether oxygens (including phenoxy) is 1. The fourth-order valence-electron chi connectivity index (χ4n) is 1.90. The number of methoxy groups -OCH3 is 1. The summed E-state index contributed by atoms with van der Waals surface area (Å²) >= 11 is 5.90. The Morgan fingerprint density at radius 3 is 2.95 bits per heavy atom. The summed E-state index contributed by atoms with van der Waals surface area (Å²) in [5.74, 6) is 0.0446. The minimum absolute atomic E-state index is 0.327. The van der Waals surface area contributed by atoms with Crippen LogP contribution in [-0.4, -0.2) is 29.0 Å². The lowest BCUT2D eigenvalue weighted by atomic mass is 10.2. The van der Waals surface area contributed by atoms with Crippen molar-refractivity contribution in [2.45, 2.75) is 20.4 Å². The summed E-state index contributed by atoms with van der Waals surface area (Å²) < 4.78 is 6.94. The van der Waals surface area contributed by atoms with Crippen molar-refractivity contribution in [2.75, 3.05) is 7.11 Å². The van der Waals surface area contributed by atoms with Gasteiger partial charge in [-0.15, -0.1) is 0 Å². The van der Waals surface area contributed by atoms with Gasteiger partial charge < -0.3 is 4.74 Å². The number of nitrogens with zero attached hydrogens (tertiary/aromatic N) is 3. The summed E-state index contributed by atoms with van der Waals surface area (Å²) in [6.45, 7) is 4.66. The zero-order valence-corrected chi connectivity index (χ0v) is 13.4. The highest BCUT2D eigenvalue weighted by Gasteiger charge is 2.12. The fraction of sp³-hybridized carbons (Fsp3) is 0.267. The highest BCUT2D eigenvalue weighted by atomic mass is 35.5. The number of benzene rings is 1. The lowest BCUT2D eigenvalue weighted by molar-refractivity contribution is 0.0952. The molecule has 0 aliphatic carbocycles. The van der Waals surface area contributed by atoms with Crippen molar-refractivity contribution in [3.05, 3.63) is 46.2 Å². The van der Waals surface area contributed by atoms with E-state index in [2.05, 4.69) is 15.6 Å². The highest BCUT2D eigenvalue weighted by Crippen LogP contribution is 2.22. The summed E-state index contributed by atoms with van der Waals surface area (Å²) in [5, 5.41) is 8.71. The number of hydrazone groups is 1. The van der Waals surface area contributed by atoms with Gasteiger partial charge in [-0.05, 0) is 32.0 Å². The Morgan fingerprint density at radius 1 is 1.55 bits per heavy atom. The maximum atomic E-state index is 12.1. The quantitative estimate of drug-likeness (QED) is 0.680. The number of rotatable bonds is 5. The van der Waals surface area contributed by atoms with Crippen LogP contribution in [0.25, 0.3) is 0 Å². The maximum Gasteiger partial charge on any atom is 0.275 e. The average molecular weight is 321 g/mol. The highest BCUT2D eigenvalue weighted by molar-refractivity contribution is 6.31. The second-order valence-corrected chi connectivity index (χ2v) is 5.01. The molecule has 0 saturated heterocycles. The number of aryl methyl sites for hydroxylation is 2. The van der Waals surface area contributed by atoms with Crippen molar-refractivity contribution in [3.63, 3.8) is 0 Å². The van der Waals surface area contributed by atoms with Gasteiger partial charge in [0.05, 0.1) is 24.6 Å². The molecule has 0 fully saturated rings. The number of hydrogen-bond acceptors (Lipinski definition) is 4. The molecule has 0 unspecified atom stereocenters.